The summed E-state index contributed by atoms with van der Waals surface area (Å²) in [5.74, 6) is -0.00835. The van der Waals surface area contributed by atoms with Crippen molar-refractivity contribution in [3.05, 3.63) is 102 Å². The van der Waals surface area contributed by atoms with E-state index in [1.54, 1.807) is 4.90 Å². The summed E-state index contributed by atoms with van der Waals surface area (Å²) >= 11 is 5.75. The molecule has 1 aliphatic heterocycles. The van der Waals surface area contributed by atoms with Crippen LogP contribution in [0.25, 0.3) is 0 Å². The summed E-state index contributed by atoms with van der Waals surface area (Å²) in [6.07, 6.45) is 0. The second-order valence-corrected chi connectivity index (χ2v) is 7.08. The van der Waals surface area contributed by atoms with Crippen molar-refractivity contribution in [2.75, 3.05) is 4.90 Å². The molecular formula is C23H20N2OS. The van der Waals surface area contributed by atoms with Crippen LogP contribution in [-0.4, -0.2) is 15.9 Å². The molecule has 134 valence electrons. The Labute approximate surface area is 164 Å². The van der Waals surface area contributed by atoms with E-state index in [2.05, 4.69) is 12.1 Å². The van der Waals surface area contributed by atoms with Gasteiger partial charge in [0, 0.05) is 6.54 Å². The summed E-state index contributed by atoms with van der Waals surface area (Å²) in [5, 5.41) is 0.542. The number of hydrogen-bond acceptors (Lipinski definition) is 2. The van der Waals surface area contributed by atoms with E-state index in [-0.39, 0.29) is 5.91 Å². The van der Waals surface area contributed by atoms with Gasteiger partial charge in [0.05, 0.1) is 5.69 Å². The highest BCUT2D eigenvalue weighted by molar-refractivity contribution is 7.80. The van der Waals surface area contributed by atoms with Crippen molar-refractivity contribution >= 4 is 28.9 Å². The van der Waals surface area contributed by atoms with Crippen molar-refractivity contribution in [2.45, 2.75) is 19.5 Å². The van der Waals surface area contributed by atoms with Gasteiger partial charge in [-0.05, 0) is 42.4 Å². The van der Waals surface area contributed by atoms with Crippen molar-refractivity contribution < 1.29 is 4.79 Å². The Morgan fingerprint density at radius 3 is 2.07 bits per heavy atom. The zero-order chi connectivity index (χ0) is 18.8. The molecule has 0 spiro atoms. The van der Waals surface area contributed by atoms with Crippen LogP contribution < -0.4 is 4.90 Å². The number of benzene rings is 3. The van der Waals surface area contributed by atoms with Crippen LogP contribution >= 0.6 is 12.2 Å². The molecule has 3 nitrogen and oxygen atoms in total. The Balaban J connectivity index is 1.76. The van der Waals surface area contributed by atoms with Gasteiger partial charge >= 0.3 is 0 Å². The fraction of sp³-hybridized carbons (Fsp3) is 0.130. The number of carbonyl (C=O) groups is 1. The third kappa shape index (κ3) is 3.36. The maximum absolute atomic E-state index is 13.4. The molecule has 0 N–H and O–H groups in total. The zero-order valence-corrected chi connectivity index (χ0v) is 15.9. The molecule has 0 saturated carbocycles. The molecule has 4 heteroatoms. The molecule has 1 unspecified atom stereocenters. The molecule has 0 radical (unpaired) electrons. The SMILES string of the molecule is Cc1ccc(C2C(=O)N(c3ccccc3)C(=S)N2Cc2ccccc2)cc1. The Morgan fingerprint density at radius 1 is 0.852 bits per heavy atom. The minimum absolute atomic E-state index is 0.00835. The number of carbonyl (C=O) groups excluding carboxylic acids is 1. The summed E-state index contributed by atoms with van der Waals surface area (Å²) in [7, 11) is 0. The van der Waals surface area contributed by atoms with Gasteiger partial charge in [0.25, 0.3) is 5.91 Å². The fourth-order valence-electron chi connectivity index (χ4n) is 3.41. The van der Waals surface area contributed by atoms with E-state index >= 15 is 0 Å². The van der Waals surface area contributed by atoms with Gasteiger partial charge in [0.2, 0.25) is 0 Å². The van der Waals surface area contributed by atoms with Gasteiger partial charge in [-0.25, -0.2) is 0 Å². The van der Waals surface area contributed by atoms with Gasteiger partial charge in [-0.1, -0.05) is 78.4 Å². The maximum Gasteiger partial charge on any atom is 0.260 e. The van der Waals surface area contributed by atoms with Crippen LogP contribution in [0, 0.1) is 6.92 Å². The number of thiocarbonyl (C=S) groups is 1. The average Bonchev–Trinajstić information content (AvgIpc) is 2.94. The van der Waals surface area contributed by atoms with Crippen LogP contribution in [0.2, 0.25) is 0 Å². The number of rotatable bonds is 4. The Bertz CT molecular complexity index is 955. The summed E-state index contributed by atoms with van der Waals surface area (Å²) in [6.45, 7) is 2.64. The predicted molar refractivity (Wildman–Crippen MR) is 112 cm³/mol. The smallest absolute Gasteiger partial charge is 0.260 e. The molecule has 0 aliphatic carbocycles. The summed E-state index contributed by atoms with van der Waals surface area (Å²) < 4.78 is 0. The molecule has 0 bridgehead atoms. The monoisotopic (exact) mass is 372 g/mol. The van der Waals surface area contributed by atoms with Crippen molar-refractivity contribution in [2.24, 2.45) is 0 Å². The summed E-state index contributed by atoms with van der Waals surface area (Å²) in [4.78, 5) is 17.1. The molecule has 4 rings (SSSR count). The molecule has 1 aliphatic rings. The van der Waals surface area contributed by atoms with E-state index in [1.807, 2.05) is 84.6 Å². The Hall–Kier alpha value is -2.98. The van der Waals surface area contributed by atoms with Gasteiger partial charge in [0.1, 0.15) is 6.04 Å². The normalized spacial score (nSPS) is 16.9. The Kier molecular flexibility index (Phi) is 4.73. The van der Waals surface area contributed by atoms with E-state index in [4.69, 9.17) is 12.2 Å². The predicted octanol–water partition coefficient (Wildman–Crippen LogP) is 4.87. The number of nitrogens with zero attached hydrogens (tertiary/aromatic N) is 2. The molecule has 1 heterocycles. The zero-order valence-electron chi connectivity index (χ0n) is 15.1. The van der Waals surface area contributed by atoms with E-state index in [1.165, 1.54) is 5.56 Å². The second kappa shape index (κ2) is 7.33. The molecule has 3 aromatic rings. The van der Waals surface area contributed by atoms with Crippen LogP contribution in [0.15, 0.2) is 84.9 Å². The van der Waals surface area contributed by atoms with Crippen LogP contribution in [0.3, 0.4) is 0 Å². The molecule has 27 heavy (non-hydrogen) atoms. The van der Waals surface area contributed by atoms with Crippen molar-refractivity contribution in [3.8, 4) is 0 Å². The van der Waals surface area contributed by atoms with E-state index in [9.17, 15) is 4.79 Å². The van der Waals surface area contributed by atoms with Crippen LogP contribution in [-0.2, 0) is 11.3 Å². The third-order valence-electron chi connectivity index (χ3n) is 4.81. The van der Waals surface area contributed by atoms with Crippen LogP contribution in [0.4, 0.5) is 5.69 Å². The number of anilines is 1. The molecule has 1 saturated heterocycles. The number of hydrogen-bond donors (Lipinski definition) is 0. The molecule has 1 amide bonds. The van der Waals surface area contributed by atoms with Crippen LogP contribution in [0.5, 0.6) is 0 Å². The highest BCUT2D eigenvalue weighted by Crippen LogP contribution is 2.35. The second-order valence-electron chi connectivity index (χ2n) is 6.72. The first-order valence-electron chi connectivity index (χ1n) is 8.95. The number of aryl methyl sites for hydroxylation is 1. The van der Waals surface area contributed by atoms with Gasteiger partial charge in [-0.2, -0.15) is 0 Å². The Morgan fingerprint density at radius 2 is 1.44 bits per heavy atom. The highest BCUT2D eigenvalue weighted by atomic mass is 32.1. The van der Waals surface area contributed by atoms with Crippen molar-refractivity contribution in [1.82, 2.24) is 4.90 Å². The fourth-order valence-corrected chi connectivity index (χ4v) is 3.78. The maximum atomic E-state index is 13.4. The average molecular weight is 372 g/mol. The van der Waals surface area contributed by atoms with Gasteiger partial charge < -0.3 is 4.90 Å². The minimum atomic E-state index is -0.418. The molecule has 1 fully saturated rings. The van der Waals surface area contributed by atoms with Gasteiger partial charge in [0.15, 0.2) is 5.11 Å². The largest absolute Gasteiger partial charge is 0.328 e. The topological polar surface area (TPSA) is 23.6 Å². The van der Waals surface area contributed by atoms with E-state index in [0.29, 0.717) is 11.7 Å². The van der Waals surface area contributed by atoms with Gasteiger partial charge in [-0.3, -0.25) is 9.69 Å². The lowest BCUT2D eigenvalue weighted by Gasteiger charge is -2.24. The third-order valence-corrected chi connectivity index (χ3v) is 5.22. The lowest BCUT2D eigenvalue weighted by atomic mass is 10.0. The first-order valence-corrected chi connectivity index (χ1v) is 9.36. The molecule has 3 aromatic carbocycles. The van der Waals surface area contributed by atoms with Crippen molar-refractivity contribution in [1.29, 1.82) is 0 Å². The van der Waals surface area contributed by atoms with Crippen LogP contribution in [0.1, 0.15) is 22.7 Å². The lowest BCUT2D eigenvalue weighted by Crippen LogP contribution is -2.32. The first-order chi connectivity index (χ1) is 13.1. The molecule has 1 atom stereocenters. The van der Waals surface area contributed by atoms with Crippen molar-refractivity contribution in [3.63, 3.8) is 0 Å². The lowest BCUT2D eigenvalue weighted by molar-refractivity contribution is -0.120. The number of amides is 1. The minimum Gasteiger partial charge on any atom is -0.328 e. The molecular weight excluding hydrogens is 352 g/mol. The number of para-hydroxylation sites is 1. The van der Waals surface area contributed by atoms with E-state index < -0.39 is 6.04 Å². The molecule has 0 aromatic heterocycles. The summed E-state index contributed by atoms with van der Waals surface area (Å²) in [6, 6.07) is 27.4. The highest BCUT2D eigenvalue weighted by Gasteiger charge is 2.43. The standard InChI is InChI=1S/C23H20N2OS/c1-17-12-14-19(15-13-17)21-22(26)25(20-10-6-3-7-11-20)23(27)24(21)16-18-8-4-2-5-9-18/h2-15,21H,16H2,1H3. The first kappa shape index (κ1) is 17.4. The quantitative estimate of drug-likeness (QED) is 0.611. The van der Waals surface area contributed by atoms with Gasteiger partial charge in [-0.15, -0.1) is 0 Å². The van der Waals surface area contributed by atoms with E-state index in [0.717, 1.165) is 16.8 Å². The summed E-state index contributed by atoms with van der Waals surface area (Å²) in [5.41, 5.74) is 4.06.